The van der Waals surface area contributed by atoms with Crippen molar-refractivity contribution in [1.82, 2.24) is 4.90 Å². The number of carbonyl (C=O) groups excluding carboxylic acids is 1. The zero-order valence-electron chi connectivity index (χ0n) is 9.64. The lowest BCUT2D eigenvalue weighted by Crippen LogP contribution is -2.29. The molecule has 0 bridgehead atoms. The molecule has 0 aliphatic carbocycles. The van der Waals surface area contributed by atoms with Gasteiger partial charge in [-0.05, 0) is 19.1 Å². The van der Waals surface area contributed by atoms with Crippen molar-refractivity contribution >= 4 is 11.7 Å². The van der Waals surface area contributed by atoms with Crippen molar-refractivity contribution in [1.29, 1.82) is 0 Å². The van der Waals surface area contributed by atoms with Crippen LogP contribution in [-0.2, 0) is 0 Å². The average Bonchev–Trinajstić information content (AvgIpc) is 2.61. The van der Waals surface area contributed by atoms with Gasteiger partial charge in [-0.25, -0.2) is 4.79 Å². The highest BCUT2D eigenvalue weighted by molar-refractivity contribution is 5.95. The molecule has 0 atom stereocenters. The Bertz CT molecular complexity index is 392. The second-order valence-electron chi connectivity index (χ2n) is 3.76. The molecule has 4 nitrogen and oxygen atoms in total. The average molecular weight is 220 g/mol. The fourth-order valence-corrected chi connectivity index (χ4v) is 1.83. The second kappa shape index (κ2) is 4.43. The van der Waals surface area contributed by atoms with Gasteiger partial charge in [-0.1, -0.05) is 12.1 Å². The van der Waals surface area contributed by atoms with Crippen LogP contribution in [0.3, 0.4) is 0 Å². The molecule has 1 fully saturated rings. The maximum absolute atomic E-state index is 11.9. The summed E-state index contributed by atoms with van der Waals surface area (Å²) in [6.07, 6.45) is 0. The van der Waals surface area contributed by atoms with Gasteiger partial charge in [0.25, 0.3) is 0 Å². The van der Waals surface area contributed by atoms with E-state index in [0.717, 1.165) is 24.5 Å². The molecule has 1 aromatic rings. The number of rotatable bonds is 3. The smallest absolute Gasteiger partial charge is 0.324 e. The van der Waals surface area contributed by atoms with E-state index in [1.54, 1.807) is 9.80 Å². The van der Waals surface area contributed by atoms with Gasteiger partial charge in [-0.15, -0.1) is 0 Å². The number of hydrogen-bond donors (Lipinski definition) is 0. The van der Waals surface area contributed by atoms with Crippen LogP contribution in [0, 0.1) is 0 Å². The number of carbonyl (C=O) groups is 1. The van der Waals surface area contributed by atoms with E-state index in [-0.39, 0.29) is 6.03 Å². The van der Waals surface area contributed by atoms with Crippen LogP contribution in [0.4, 0.5) is 10.5 Å². The Labute approximate surface area is 95.4 Å². The second-order valence-corrected chi connectivity index (χ2v) is 3.76. The summed E-state index contributed by atoms with van der Waals surface area (Å²) in [7, 11) is 1.81. The van der Waals surface area contributed by atoms with Crippen molar-refractivity contribution in [2.75, 3.05) is 31.6 Å². The summed E-state index contributed by atoms with van der Waals surface area (Å²) < 4.78 is 5.52. The van der Waals surface area contributed by atoms with E-state index in [1.807, 2.05) is 38.2 Å². The highest BCUT2D eigenvalue weighted by atomic mass is 16.5. The number of nitrogens with zero attached hydrogens (tertiary/aromatic N) is 2. The SMILES string of the molecule is CCOc1ccccc1N1CCN(C)C1=O. The summed E-state index contributed by atoms with van der Waals surface area (Å²) in [5.41, 5.74) is 0.860. The predicted molar refractivity (Wildman–Crippen MR) is 63.0 cm³/mol. The molecule has 0 radical (unpaired) electrons. The van der Waals surface area contributed by atoms with Crippen LogP contribution >= 0.6 is 0 Å². The molecule has 1 saturated heterocycles. The third kappa shape index (κ3) is 1.83. The van der Waals surface area contributed by atoms with Crippen LogP contribution in [0.15, 0.2) is 24.3 Å². The molecule has 1 heterocycles. The maximum Gasteiger partial charge on any atom is 0.324 e. The first-order valence-corrected chi connectivity index (χ1v) is 5.48. The van der Waals surface area contributed by atoms with Gasteiger partial charge in [0.2, 0.25) is 0 Å². The van der Waals surface area contributed by atoms with Gasteiger partial charge < -0.3 is 9.64 Å². The monoisotopic (exact) mass is 220 g/mol. The van der Waals surface area contributed by atoms with Gasteiger partial charge >= 0.3 is 6.03 Å². The Balaban J connectivity index is 2.29. The largest absolute Gasteiger partial charge is 0.492 e. The van der Waals surface area contributed by atoms with Crippen molar-refractivity contribution in [2.45, 2.75) is 6.92 Å². The summed E-state index contributed by atoms with van der Waals surface area (Å²) in [4.78, 5) is 15.3. The fraction of sp³-hybridized carbons (Fsp3) is 0.417. The highest BCUT2D eigenvalue weighted by Gasteiger charge is 2.28. The van der Waals surface area contributed by atoms with Crippen LogP contribution in [0.5, 0.6) is 5.75 Å². The molecule has 0 unspecified atom stereocenters. The van der Waals surface area contributed by atoms with E-state index < -0.39 is 0 Å². The fourth-order valence-electron chi connectivity index (χ4n) is 1.83. The molecule has 0 spiro atoms. The number of amides is 2. The van der Waals surface area contributed by atoms with Crippen molar-refractivity contribution < 1.29 is 9.53 Å². The van der Waals surface area contributed by atoms with Crippen LogP contribution in [0.2, 0.25) is 0 Å². The third-order valence-corrected chi connectivity index (χ3v) is 2.67. The van der Waals surface area contributed by atoms with E-state index in [1.165, 1.54) is 0 Å². The lowest BCUT2D eigenvalue weighted by atomic mass is 10.2. The number of ether oxygens (including phenoxy) is 1. The number of benzene rings is 1. The molecule has 0 N–H and O–H groups in total. The van der Waals surface area contributed by atoms with Gasteiger partial charge in [0.15, 0.2) is 0 Å². The Morgan fingerprint density at radius 1 is 1.31 bits per heavy atom. The van der Waals surface area contributed by atoms with Gasteiger partial charge in [-0.3, -0.25) is 4.90 Å². The van der Waals surface area contributed by atoms with E-state index in [2.05, 4.69) is 0 Å². The lowest BCUT2D eigenvalue weighted by molar-refractivity contribution is 0.229. The van der Waals surface area contributed by atoms with E-state index in [9.17, 15) is 4.79 Å². The summed E-state index contributed by atoms with van der Waals surface area (Å²) in [6.45, 7) is 4.03. The van der Waals surface area contributed by atoms with Crippen LogP contribution in [0.1, 0.15) is 6.92 Å². The van der Waals surface area contributed by atoms with Gasteiger partial charge in [0.05, 0.1) is 12.3 Å². The standard InChI is InChI=1S/C12H16N2O2/c1-3-16-11-7-5-4-6-10(11)14-9-8-13(2)12(14)15/h4-7H,3,8-9H2,1-2H3. The Kier molecular flexibility index (Phi) is 2.99. The summed E-state index contributed by atoms with van der Waals surface area (Å²) in [5, 5.41) is 0. The molecule has 1 aromatic carbocycles. The first-order chi connectivity index (χ1) is 7.74. The first kappa shape index (κ1) is 10.8. The minimum Gasteiger partial charge on any atom is -0.492 e. The maximum atomic E-state index is 11.9. The third-order valence-electron chi connectivity index (χ3n) is 2.67. The summed E-state index contributed by atoms with van der Waals surface area (Å²) in [5.74, 6) is 0.772. The molecule has 2 amide bonds. The molecular weight excluding hydrogens is 204 g/mol. The van der Waals surface area contributed by atoms with Crippen LogP contribution < -0.4 is 9.64 Å². The number of hydrogen-bond acceptors (Lipinski definition) is 2. The van der Waals surface area contributed by atoms with E-state index in [4.69, 9.17) is 4.74 Å². The molecule has 16 heavy (non-hydrogen) atoms. The van der Waals surface area contributed by atoms with Crippen molar-refractivity contribution in [3.05, 3.63) is 24.3 Å². The van der Waals surface area contributed by atoms with Crippen molar-refractivity contribution in [2.24, 2.45) is 0 Å². The van der Waals surface area contributed by atoms with Crippen LogP contribution in [0.25, 0.3) is 0 Å². The number of likely N-dealkylation sites (N-methyl/N-ethyl adjacent to an activating group) is 1. The highest BCUT2D eigenvalue weighted by Crippen LogP contribution is 2.30. The molecule has 1 aliphatic heterocycles. The Hall–Kier alpha value is -1.71. The predicted octanol–water partition coefficient (Wildman–Crippen LogP) is 1.96. The number of anilines is 1. The molecular formula is C12H16N2O2. The molecule has 0 aromatic heterocycles. The van der Waals surface area contributed by atoms with E-state index in [0.29, 0.717) is 6.61 Å². The van der Waals surface area contributed by atoms with Gasteiger partial charge in [0, 0.05) is 20.1 Å². The zero-order valence-corrected chi connectivity index (χ0v) is 9.64. The number of urea groups is 1. The van der Waals surface area contributed by atoms with Crippen molar-refractivity contribution in [3.63, 3.8) is 0 Å². The topological polar surface area (TPSA) is 32.8 Å². The summed E-state index contributed by atoms with van der Waals surface area (Å²) >= 11 is 0. The zero-order chi connectivity index (χ0) is 11.5. The minimum absolute atomic E-state index is 0.0344. The summed E-state index contributed by atoms with van der Waals surface area (Å²) in [6, 6.07) is 7.68. The molecule has 1 aliphatic rings. The van der Waals surface area contributed by atoms with Gasteiger partial charge in [-0.2, -0.15) is 0 Å². The quantitative estimate of drug-likeness (QED) is 0.780. The Morgan fingerprint density at radius 3 is 2.69 bits per heavy atom. The normalized spacial score (nSPS) is 15.8. The molecule has 2 rings (SSSR count). The molecule has 86 valence electrons. The Morgan fingerprint density at radius 2 is 2.06 bits per heavy atom. The minimum atomic E-state index is 0.0344. The van der Waals surface area contributed by atoms with Crippen LogP contribution in [-0.4, -0.2) is 37.7 Å². The van der Waals surface area contributed by atoms with Gasteiger partial charge in [0.1, 0.15) is 5.75 Å². The molecule has 0 saturated carbocycles. The van der Waals surface area contributed by atoms with E-state index >= 15 is 0 Å². The van der Waals surface area contributed by atoms with Crippen molar-refractivity contribution in [3.8, 4) is 5.75 Å². The first-order valence-electron chi connectivity index (χ1n) is 5.48. The lowest BCUT2D eigenvalue weighted by Gasteiger charge is -2.19. The number of para-hydroxylation sites is 2. The molecule has 4 heteroatoms.